The van der Waals surface area contributed by atoms with E-state index in [2.05, 4.69) is 11.9 Å². The van der Waals surface area contributed by atoms with E-state index in [0.29, 0.717) is 17.9 Å². The number of aliphatic carboxylic acids is 1. The highest BCUT2D eigenvalue weighted by Gasteiger charge is 2.09. The molecule has 0 atom stereocenters. The van der Waals surface area contributed by atoms with Crippen molar-refractivity contribution in [2.75, 3.05) is 6.61 Å². The molecule has 1 amide bonds. The van der Waals surface area contributed by atoms with Gasteiger partial charge in [0.1, 0.15) is 18.1 Å². The molecule has 1 aromatic rings. The minimum Gasteiger partial charge on any atom is -0.489 e. The van der Waals surface area contributed by atoms with Gasteiger partial charge < -0.3 is 15.2 Å². The Morgan fingerprint density at radius 2 is 2.10 bits per heavy atom. The van der Waals surface area contributed by atoms with Gasteiger partial charge in [0.05, 0.1) is 0 Å². The first-order valence-electron chi connectivity index (χ1n) is 5.98. The molecule has 0 bridgehead atoms. The molecule has 1 rings (SSSR count). The van der Waals surface area contributed by atoms with Gasteiger partial charge in [0.2, 0.25) is 5.91 Å². The van der Waals surface area contributed by atoms with Crippen LogP contribution >= 0.6 is 0 Å². The largest absolute Gasteiger partial charge is 0.489 e. The number of carbonyl (C=O) groups is 2. The van der Waals surface area contributed by atoms with Crippen molar-refractivity contribution in [2.24, 2.45) is 0 Å². The number of carbonyl (C=O) groups excluding carboxylic acids is 1. The highest BCUT2D eigenvalue weighted by Crippen LogP contribution is 2.16. The molecule has 0 heterocycles. The van der Waals surface area contributed by atoms with Gasteiger partial charge in [0, 0.05) is 6.92 Å². The Morgan fingerprint density at radius 3 is 2.65 bits per heavy atom. The highest BCUT2D eigenvalue weighted by molar-refractivity contribution is 5.96. The van der Waals surface area contributed by atoms with Crippen LogP contribution in [0.15, 0.2) is 42.1 Å². The molecule has 0 aliphatic carbocycles. The molecule has 0 aliphatic heterocycles. The minimum absolute atomic E-state index is 0.186. The van der Waals surface area contributed by atoms with Crippen molar-refractivity contribution in [3.63, 3.8) is 0 Å². The molecule has 0 spiro atoms. The first-order valence-corrected chi connectivity index (χ1v) is 5.98. The topological polar surface area (TPSA) is 75.6 Å². The average Bonchev–Trinajstić information content (AvgIpc) is 2.35. The summed E-state index contributed by atoms with van der Waals surface area (Å²) in [5, 5.41) is 11.3. The molecule has 0 unspecified atom stereocenters. The molecule has 5 nitrogen and oxygen atoms in total. The van der Waals surface area contributed by atoms with Crippen LogP contribution in [0.25, 0.3) is 6.08 Å². The lowest BCUT2D eigenvalue weighted by Crippen LogP contribution is -2.24. The Labute approximate surface area is 117 Å². The van der Waals surface area contributed by atoms with E-state index in [0.717, 1.165) is 5.57 Å². The van der Waals surface area contributed by atoms with Crippen LogP contribution in [0.5, 0.6) is 5.75 Å². The number of amides is 1. The molecule has 0 aromatic heterocycles. The summed E-state index contributed by atoms with van der Waals surface area (Å²) in [7, 11) is 0. The van der Waals surface area contributed by atoms with Crippen LogP contribution in [0.2, 0.25) is 0 Å². The third kappa shape index (κ3) is 5.39. The van der Waals surface area contributed by atoms with Gasteiger partial charge in [0.15, 0.2) is 0 Å². The Bertz CT molecular complexity index is 561. The zero-order valence-corrected chi connectivity index (χ0v) is 11.5. The molecule has 106 valence electrons. The van der Waals surface area contributed by atoms with Crippen LogP contribution in [0.1, 0.15) is 19.4 Å². The highest BCUT2D eigenvalue weighted by atomic mass is 16.5. The number of hydrogen-bond acceptors (Lipinski definition) is 3. The molecule has 0 fully saturated rings. The number of rotatable bonds is 6. The van der Waals surface area contributed by atoms with E-state index in [4.69, 9.17) is 9.84 Å². The summed E-state index contributed by atoms with van der Waals surface area (Å²) < 4.78 is 5.47. The maximum Gasteiger partial charge on any atom is 0.352 e. The van der Waals surface area contributed by atoms with Crippen molar-refractivity contribution in [1.29, 1.82) is 0 Å². The van der Waals surface area contributed by atoms with Gasteiger partial charge in [-0.25, -0.2) is 4.79 Å². The Hall–Kier alpha value is -2.56. The summed E-state index contributed by atoms with van der Waals surface area (Å²) in [6.45, 7) is 7.23. The van der Waals surface area contributed by atoms with Crippen LogP contribution in [0.3, 0.4) is 0 Å². The van der Waals surface area contributed by atoms with Gasteiger partial charge in [-0.3, -0.25) is 4.79 Å². The molecule has 0 saturated carbocycles. The lowest BCUT2D eigenvalue weighted by molar-refractivity contribution is -0.134. The molecule has 5 heteroatoms. The van der Waals surface area contributed by atoms with Crippen LogP contribution in [0, 0.1) is 0 Å². The van der Waals surface area contributed by atoms with Gasteiger partial charge >= 0.3 is 5.97 Å². The number of benzene rings is 1. The van der Waals surface area contributed by atoms with E-state index in [-0.39, 0.29) is 5.70 Å². The Balaban J connectivity index is 2.94. The van der Waals surface area contributed by atoms with Crippen LogP contribution in [0.4, 0.5) is 0 Å². The summed E-state index contributed by atoms with van der Waals surface area (Å²) in [5.41, 5.74) is 1.32. The first kappa shape index (κ1) is 15.5. The minimum atomic E-state index is -1.20. The fourth-order valence-corrected chi connectivity index (χ4v) is 1.41. The third-order valence-corrected chi connectivity index (χ3v) is 2.20. The molecule has 20 heavy (non-hydrogen) atoms. The molecule has 0 aliphatic rings. The molecular formula is C15H17NO4. The maximum absolute atomic E-state index is 11.0. The van der Waals surface area contributed by atoms with E-state index >= 15 is 0 Å². The van der Waals surface area contributed by atoms with Crippen molar-refractivity contribution in [3.05, 3.63) is 47.7 Å². The second-order valence-electron chi connectivity index (χ2n) is 4.36. The number of nitrogens with one attached hydrogen (secondary N) is 1. The van der Waals surface area contributed by atoms with E-state index < -0.39 is 11.9 Å². The van der Waals surface area contributed by atoms with Crippen molar-refractivity contribution in [2.45, 2.75) is 13.8 Å². The van der Waals surface area contributed by atoms with Crippen LogP contribution in [-0.2, 0) is 9.59 Å². The molecule has 1 aromatic carbocycles. The van der Waals surface area contributed by atoms with Gasteiger partial charge in [-0.05, 0) is 36.3 Å². The second-order valence-corrected chi connectivity index (χ2v) is 4.36. The lowest BCUT2D eigenvalue weighted by atomic mass is 10.2. The van der Waals surface area contributed by atoms with E-state index in [9.17, 15) is 9.59 Å². The standard InChI is InChI=1S/C15H17NO4/c1-10(2)9-20-13-6-4-5-12(7-13)8-14(15(18)19)16-11(3)17/h4-8H,1,9H2,2-3H3,(H,16,17)(H,18,19). The smallest absolute Gasteiger partial charge is 0.352 e. The predicted molar refractivity (Wildman–Crippen MR) is 76.2 cm³/mol. The van der Waals surface area contributed by atoms with E-state index in [1.54, 1.807) is 24.3 Å². The monoisotopic (exact) mass is 275 g/mol. The van der Waals surface area contributed by atoms with Crippen LogP contribution < -0.4 is 10.1 Å². The summed E-state index contributed by atoms with van der Waals surface area (Å²) in [6, 6.07) is 6.91. The molecule has 0 saturated heterocycles. The maximum atomic E-state index is 11.0. The first-order chi connectivity index (χ1) is 9.38. The lowest BCUT2D eigenvalue weighted by Gasteiger charge is -2.07. The van der Waals surface area contributed by atoms with E-state index in [1.807, 2.05) is 6.92 Å². The summed E-state index contributed by atoms with van der Waals surface area (Å²) >= 11 is 0. The van der Waals surface area contributed by atoms with Crippen molar-refractivity contribution in [3.8, 4) is 5.75 Å². The number of hydrogen-bond donors (Lipinski definition) is 2. The van der Waals surface area contributed by atoms with Crippen molar-refractivity contribution in [1.82, 2.24) is 5.32 Å². The average molecular weight is 275 g/mol. The van der Waals surface area contributed by atoms with Gasteiger partial charge in [-0.15, -0.1) is 0 Å². The fourth-order valence-electron chi connectivity index (χ4n) is 1.41. The van der Waals surface area contributed by atoms with Gasteiger partial charge in [-0.1, -0.05) is 18.7 Å². The van der Waals surface area contributed by atoms with Gasteiger partial charge in [0.25, 0.3) is 0 Å². The summed E-state index contributed by atoms with van der Waals surface area (Å²) in [4.78, 5) is 22.0. The second kappa shape index (κ2) is 7.13. The van der Waals surface area contributed by atoms with Crippen molar-refractivity contribution < 1.29 is 19.4 Å². The zero-order valence-electron chi connectivity index (χ0n) is 11.5. The van der Waals surface area contributed by atoms with E-state index in [1.165, 1.54) is 13.0 Å². The third-order valence-electron chi connectivity index (χ3n) is 2.20. The molecule has 0 radical (unpaired) electrons. The SMILES string of the molecule is C=C(C)COc1cccc(C=C(NC(C)=O)C(=O)O)c1. The Kier molecular flexibility index (Phi) is 5.53. The number of carboxylic acids is 1. The summed E-state index contributed by atoms with van der Waals surface area (Å²) in [6.07, 6.45) is 1.37. The van der Waals surface area contributed by atoms with Gasteiger partial charge in [-0.2, -0.15) is 0 Å². The predicted octanol–water partition coefficient (Wildman–Crippen LogP) is 2.20. The van der Waals surface area contributed by atoms with Crippen molar-refractivity contribution >= 4 is 18.0 Å². The Morgan fingerprint density at radius 1 is 1.40 bits per heavy atom. The molecule has 2 N–H and O–H groups in total. The number of ether oxygens (including phenoxy) is 1. The normalized spacial score (nSPS) is 10.8. The molecular weight excluding hydrogens is 258 g/mol. The quantitative estimate of drug-likeness (QED) is 0.616. The summed E-state index contributed by atoms with van der Waals surface area (Å²) in [5.74, 6) is -1.03. The van der Waals surface area contributed by atoms with Crippen LogP contribution in [-0.4, -0.2) is 23.6 Å². The fraction of sp³-hybridized carbons (Fsp3) is 0.200. The zero-order chi connectivity index (χ0) is 15.1. The number of carboxylic acid groups (broad SMARTS) is 1.